The van der Waals surface area contributed by atoms with Gasteiger partial charge >= 0.3 is 0 Å². The summed E-state index contributed by atoms with van der Waals surface area (Å²) < 4.78 is 0. The first kappa shape index (κ1) is 14.9. The third-order valence-electron chi connectivity index (χ3n) is 2.57. The van der Waals surface area contributed by atoms with Gasteiger partial charge in [0, 0.05) is 0 Å². The Kier molecular flexibility index (Phi) is 4.36. The summed E-state index contributed by atoms with van der Waals surface area (Å²) in [5.41, 5.74) is 2.50. The molecule has 0 unspecified atom stereocenters. The lowest BCUT2D eigenvalue weighted by Gasteiger charge is -2.29. The summed E-state index contributed by atoms with van der Waals surface area (Å²) >= 11 is 0. The lowest BCUT2D eigenvalue weighted by atomic mass is 9.96. The van der Waals surface area contributed by atoms with E-state index >= 15 is 0 Å². The monoisotopic (exact) mass is 248 g/mol. The highest BCUT2D eigenvalue weighted by atomic mass is 17.2. The van der Waals surface area contributed by atoms with Crippen molar-refractivity contribution in [3.05, 3.63) is 42.0 Å². The first-order valence-electron chi connectivity index (χ1n) is 6.25. The van der Waals surface area contributed by atoms with Crippen LogP contribution in [0.2, 0.25) is 0 Å². The number of benzene rings is 1. The third kappa shape index (κ3) is 4.28. The van der Waals surface area contributed by atoms with Crippen LogP contribution in [0.3, 0.4) is 0 Å². The van der Waals surface area contributed by atoms with Crippen LogP contribution in [0.15, 0.2) is 30.8 Å². The lowest BCUT2D eigenvalue weighted by Crippen LogP contribution is -2.28. The second-order valence-electron chi connectivity index (χ2n) is 6.15. The first-order valence-corrected chi connectivity index (χ1v) is 6.25. The zero-order valence-electron chi connectivity index (χ0n) is 12.3. The van der Waals surface area contributed by atoms with Crippen molar-refractivity contribution in [1.82, 2.24) is 0 Å². The SMILES string of the molecule is C=C(C)c1ccc(C(C)(C)OOC(C)(C)C)cc1. The molecule has 0 radical (unpaired) electrons. The highest BCUT2D eigenvalue weighted by Gasteiger charge is 2.25. The van der Waals surface area contributed by atoms with E-state index in [4.69, 9.17) is 9.78 Å². The molecule has 1 rings (SSSR count). The quantitative estimate of drug-likeness (QED) is 0.568. The molecule has 2 heteroatoms. The van der Waals surface area contributed by atoms with Gasteiger partial charge in [0.15, 0.2) is 0 Å². The van der Waals surface area contributed by atoms with Gasteiger partial charge in [0.1, 0.15) is 5.60 Å². The normalized spacial score (nSPS) is 12.6. The Labute approximate surface area is 111 Å². The fraction of sp³-hybridized carbons (Fsp3) is 0.500. The largest absolute Gasteiger partial charge is 0.230 e. The minimum atomic E-state index is -0.471. The zero-order valence-corrected chi connectivity index (χ0v) is 12.3. The van der Waals surface area contributed by atoms with E-state index in [9.17, 15) is 0 Å². The van der Waals surface area contributed by atoms with Crippen LogP contribution in [0.25, 0.3) is 5.57 Å². The van der Waals surface area contributed by atoms with E-state index < -0.39 is 5.60 Å². The second-order valence-corrected chi connectivity index (χ2v) is 6.15. The molecule has 0 atom stereocenters. The van der Waals surface area contributed by atoms with Gasteiger partial charge in [-0.1, -0.05) is 36.4 Å². The topological polar surface area (TPSA) is 18.5 Å². The Bertz CT molecular complexity index is 408. The van der Waals surface area contributed by atoms with Crippen LogP contribution in [-0.4, -0.2) is 5.60 Å². The van der Waals surface area contributed by atoms with Crippen LogP contribution >= 0.6 is 0 Å². The van der Waals surface area contributed by atoms with Gasteiger partial charge < -0.3 is 0 Å². The molecular weight excluding hydrogens is 224 g/mol. The van der Waals surface area contributed by atoms with Crippen molar-refractivity contribution in [1.29, 1.82) is 0 Å². The van der Waals surface area contributed by atoms with Gasteiger partial charge in [0.2, 0.25) is 0 Å². The molecule has 0 spiro atoms. The standard InChI is InChI=1S/C16H24O2/c1-12(2)13-8-10-14(11-9-13)16(6,7)18-17-15(3,4)5/h8-11H,1H2,2-7H3. The van der Waals surface area contributed by atoms with Crippen molar-refractivity contribution in [2.45, 2.75) is 52.7 Å². The highest BCUT2D eigenvalue weighted by molar-refractivity contribution is 5.61. The molecule has 0 N–H and O–H groups in total. The number of rotatable bonds is 4. The molecule has 1 aromatic rings. The van der Waals surface area contributed by atoms with Crippen molar-refractivity contribution in [3.8, 4) is 0 Å². The van der Waals surface area contributed by atoms with Crippen molar-refractivity contribution < 1.29 is 9.78 Å². The van der Waals surface area contributed by atoms with Crippen molar-refractivity contribution in [2.75, 3.05) is 0 Å². The maximum Gasteiger partial charge on any atom is 0.123 e. The molecule has 2 nitrogen and oxygen atoms in total. The van der Waals surface area contributed by atoms with Gasteiger partial charge in [-0.2, -0.15) is 0 Å². The predicted octanol–water partition coefficient (Wildman–Crippen LogP) is 4.70. The Balaban J connectivity index is 2.81. The number of allylic oxidation sites excluding steroid dienone is 1. The molecule has 18 heavy (non-hydrogen) atoms. The summed E-state index contributed by atoms with van der Waals surface area (Å²) in [5.74, 6) is 0. The average Bonchev–Trinajstić information content (AvgIpc) is 2.26. The predicted molar refractivity (Wildman–Crippen MR) is 76.1 cm³/mol. The summed E-state index contributed by atoms with van der Waals surface area (Å²) in [6.07, 6.45) is 0. The molecule has 0 saturated heterocycles. The Morgan fingerprint density at radius 3 is 1.83 bits per heavy atom. The van der Waals surface area contributed by atoms with E-state index in [-0.39, 0.29) is 5.60 Å². The molecular formula is C16H24O2. The number of hydrogen-bond acceptors (Lipinski definition) is 2. The summed E-state index contributed by atoms with van der Waals surface area (Å²) in [5, 5.41) is 0. The van der Waals surface area contributed by atoms with Gasteiger partial charge in [-0.15, -0.1) is 0 Å². The smallest absolute Gasteiger partial charge is 0.123 e. The molecule has 0 aromatic heterocycles. The van der Waals surface area contributed by atoms with E-state index in [1.54, 1.807) is 0 Å². The molecule has 0 aliphatic heterocycles. The summed E-state index contributed by atoms with van der Waals surface area (Å²) in [6.45, 7) is 15.8. The molecule has 100 valence electrons. The van der Waals surface area contributed by atoms with Crippen molar-refractivity contribution >= 4 is 5.57 Å². The lowest BCUT2D eigenvalue weighted by molar-refractivity contribution is -0.401. The van der Waals surface area contributed by atoms with Crippen LogP contribution < -0.4 is 0 Å². The summed E-state index contributed by atoms with van der Waals surface area (Å²) in [7, 11) is 0. The van der Waals surface area contributed by atoms with Crippen molar-refractivity contribution in [2.24, 2.45) is 0 Å². The molecule has 0 bridgehead atoms. The minimum absolute atomic E-state index is 0.311. The van der Waals surface area contributed by atoms with Crippen LogP contribution in [-0.2, 0) is 15.4 Å². The summed E-state index contributed by atoms with van der Waals surface area (Å²) in [4.78, 5) is 11.0. The van der Waals surface area contributed by atoms with Crippen molar-refractivity contribution in [3.63, 3.8) is 0 Å². The van der Waals surface area contributed by atoms with Gasteiger partial charge in [-0.3, -0.25) is 0 Å². The van der Waals surface area contributed by atoms with E-state index in [1.165, 1.54) is 0 Å². The fourth-order valence-electron chi connectivity index (χ4n) is 1.43. The molecule has 0 aliphatic rings. The minimum Gasteiger partial charge on any atom is -0.230 e. The van der Waals surface area contributed by atoms with Crippen LogP contribution in [0, 0.1) is 0 Å². The molecule has 1 aromatic carbocycles. The number of hydrogen-bond donors (Lipinski definition) is 0. The molecule has 0 amide bonds. The van der Waals surface area contributed by atoms with E-state index in [1.807, 2.05) is 41.5 Å². The second kappa shape index (κ2) is 5.25. The Hall–Kier alpha value is -1.12. The van der Waals surface area contributed by atoms with Gasteiger partial charge in [0.25, 0.3) is 0 Å². The van der Waals surface area contributed by atoms with Gasteiger partial charge in [-0.05, 0) is 52.7 Å². The highest BCUT2D eigenvalue weighted by Crippen LogP contribution is 2.28. The van der Waals surface area contributed by atoms with Gasteiger partial charge in [-0.25, -0.2) is 9.78 Å². The fourth-order valence-corrected chi connectivity index (χ4v) is 1.43. The van der Waals surface area contributed by atoms with E-state index in [2.05, 4.69) is 30.8 Å². The van der Waals surface area contributed by atoms with Crippen LogP contribution in [0.1, 0.15) is 52.7 Å². The summed E-state index contributed by atoms with van der Waals surface area (Å²) in [6, 6.07) is 8.21. The van der Waals surface area contributed by atoms with E-state index in [0.717, 1.165) is 16.7 Å². The maximum atomic E-state index is 5.56. The Morgan fingerprint density at radius 1 is 0.944 bits per heavy atom. The van der Waals surface area contributed by atoms with E-state index in [0.29, 0.717) is 0 Å². The average molecular weight is 248 g/mol. The van der Waals surface area contributed by atoms with Crippen LogP contribution in [0.4, 0.5) is 0 Å². The zero-order chi connectivity index (χ0) is 14.0. The molecule has 0 heterocycles. The third-order valence-corrected chi connectivity index (χ3v) is 2.57. The molecule has 0 aliphatic carbocycles. The Morgan fingerprint density at radius 2 is 1.44 bits per heavy atom. The van der Waals surface area contributed by atoms with Gasteiger partial charge in [0.05, 0.1) is 5.60 Å². The molecule has 0 fully saturated rings. The molecule has 0 saturated carbocycles. The van der Waals surface area contributed by atoms with Crippen LogP contribution in [0.5, 0.6) is 0 Å². The first-order chi connectivity index (χ1) is 8.12. The maximum absolute atomic E-state index is 5.56.